The van der Waals surface area contributed by atoms with E-state index in [-0.39, 0.29) is 16.6 Å². The van der Waals surface area contributed by atoms with E-state index in [0.29, 0.717) is 32.6 Å². The van der Waals surface area contributed by atoms with Crippen molar-refractivity contribution in [3.63, 3.8) is 0 Å². The zero-order valence-electron chi connectivity index (χ0n) is 11.2. The molecular weight excluding hydrogens is 284 g/mol. The van der Waals surface area contributed by atoms with E-state index in [2.05, 4.69) is 4.72 Å². The molecule has 2 N–H and O–H groups in total. The fourth-order valence-electron chi connectivity index (χ4n) is 2.17. The summed E-state index contributed by atoms with van der Waals surface area (Å²) in [4.78, 5) is 11.0. The van der Waals surface area contributed by atoms with Gasteiger partial charge in [-0.2, -0.15) is 0 Å². The van der Waals surface area contributed by atoms with Crippen LogP contribution < -0.4 is 4.72 Å². The molecule has 2 heterocycles. The summed E-state index contributed by atoms with van der Waals surface area (Å²) in [6, 6.07) is 1.03. The van der Waals surface area contributed by atoms with Gasteiger partial charge in [0.05, 0.1) is 0 Å². The molecule has 1 aromatic heterocycles. The first kappa shape index (κ1) is 15.0. The zero-order valence-corrected chi connectivity index (χ0v) is 12.0. The summed E-state index contributed by atoms with van der Waals surface area (Å²) in [6.07, 6.45) is 2.60. The van der Waals surface area contributed by atoms with Crippen LogP contribution in [0.3, 0.4) is 0 Å². The molecule has 0 spiro atoms. The third kappa shape index (κ3) is 3.20. The van der Waals surface area contributed by atoms with Gasteiger partial charge in [0.25, 0.3) is 0 Å². The standard InChI is InChI=1S/C12H18N2O5S/c1-2-14-8-10(7-11(14)12(15)16)20(17,18)13-9-3-5-19-6-4-9/h7-9,13H,2-6H2,1H3,(H,15,16). The molecule has 112 valence electrons. The number of hydrogen-bond donors (Lipinski definition) is 2. The number of hydrogen-bond acceptors (Lipinski definition) is 4. The van der Waals surface area contributed by atoms with Gasteiger partial charge in [-0.15, -0.1) is 0 Å². The maximum absolute atomic E-state index is 12.2. The van der Waals surface area contributed by atoms with Crippen LogP contribution >= 0.6 is 0 Å². The Kier molecular flexibility index (Phi) is 4.46. The average Bonchev–Trinajstić information content (AvgIpc) is 2.84. The lowest BCUT2D eigenvalue weighted by atomic mass is 10.1. The molecule has 1 aromatic rings. The summed E-state index contributed by atoms with van der Waals surface area (Å²) >= 11 is 0. The minimum atomic E-state index is -3.69. The molecule has 0 aliphatic carbocycles. The molecule has 1 saturated heterocycles. The Bertz CT molecular complexity index is 587. The Labute approximate surface area is 117 Å². The second-order valence-corrected chi connectivity index (χ2v) is 6.37. The quantitative estimate of drug-likeness (QED) is 0.833. The second kappa shape index (κ2) is 5.94. The zero-order chi connectivity index (χ0) is 14.8. The summed E-state index contributed by atoms with van der Waals surface area (Å²) in [7, 11) is -3.69. The third-order valence-corrected chi connectivity index (χ3v) is 4.77. The second-order valence-electron chi connectivity index (χ2n) is 4.66. The van der Waals surface area contributed by atoms with Crippen LogP contribution in [-0.2, 0) is 21.3 Å². The Morgan fingerprint density at radius 1 is 1.50 bits per heavy atom. The molecule has 0 radical (unpaired) electrons. The number of nitrogens with zero attached hydrogens (tertiary/aromatic N) is 1. The number of carboxylic acid groups (broad SMARTS) is 1. The van der Waals surface area contributed by atoms with E-state index in [1.165, 1.54) is 16.8 Å². The number of nitrogens with one attached hydrogen (secondary N) is 1. The highest BCUT2D eigenvalue weighted by molar-refractivity contribution is 7.89. The van der Waals surface area contributed by atoms with Crippen LogP contribution in [0, 0.1) is 0 Å². The van der Waals surface area contributed by atoms with Gasteiger partial charge >= 0.3 is 5.97 Å². The van der Waals surface area contributed by atoms with Crippen molar-refractivity contribution in [3.05, 3.63) is 18.0 Å². The summed E-state index contributed by atoms with van der Waals surface area (Å²) < 4.78 is 33.7. The summed E-state index contributed by atoms with van der Waals surface area (Å²) in [5.74, 6) is -1.14. The number of sulfonamides is 1. The molecule has 8 heteroatoms. The van der Waals surface area contributed by atoms with Crippen LogP contribution in [0.1, 0.15) is 30.3 Å². The van der Waals surface area contributed by atoms with Gasteiger partial charge in [-0.05, 0) is 25.8 Å². The molecular formula is C12H18N2O5S. The van der Waals surface area contributed by atoms with E-state index < -0.39 is 16.0 Å². The van der Waals surface area contributed by atoms with Crippen LogP contribution in [0.5, 0.6) is 0 Å². The molecule has 1 aliphatic heterocycles. The Morgan fingerprint density at radius 2 is 2.15 bits per heavy atom. The Hall–Kier alpha value is -1.38. The normalized spacial score (nSPS) is 17.2. The maximum atomic E-state index is 12.2. The van der Waals surface area contributed by atoms with Gasteiger partial charge in [0.2, 0.25) is 10.0 Å². The van der Waals surface area contributed by atoms with Gasteiger partial charge in [-0.1, -0.05) is 0 Å². The number of ether oxygens (including phenoxy) is 1. The number of carbonyl (C=O) groups is 1. The monoisotopic (exact) mass is 302 g/mol. The molecule has 20 heavy (non-hydrogen) atoms. The molecule has 0 unspecified atom stereocenters. The van der Waals surface area contributed by atoms with Crippen molar-refractivity contribution < 1.29 is 23.1 Å². The first-order valence-corrected chi connectivity index (χ1v) is 7.96. The van der Waals surface area contributed by atoms with Crippen molar-refractivity contribution in [1.29, 1.82) is 0 Å². The summed E-state index contributed by atoms with van der Waals surface area (Å²) in [6.45, 7) is 3.22. The van der Waals surface area contributed by atoms with Crippen molar-refractivity contribution in [2.24, 2.45) is 0 Å². The van der Waals surface area contributed by atoms with Crippen LogP contribution in [0.15, 0.2) is 17.2 Å². The number of aromatic carboxylic acids is 1. The van der Waals surface area contributed by atoms with Gasteiger partial charge in [0.1, 0.15) is 10.6 Å². The van der Waals surface area contributed by atoms with Crippen molar-refractivity contribution in [1.82, 2.24) is 9.29 Å². The summed E-state index contributed by atoms with van der Waals surface area (Å²) in [5, 5.41) is 9.04. The highest BCUT2D eigenvalue weighted by atomic mass is 32.2. The lowest BCUT2D eigenvalue weighted by Crippen LogP contribution is -2.38. The van der Waals surface area contributed by atoms with Crippen molar-refractivity contribution in [2.75, 3.05) is 13.2 Å². The highest BCUT2D eigenvalue weighted by Crippen LogP contribution is 2.17. The number of rotatable bonds is 5. The molecule has 0 aromatic carbocycles. The molecule has 1 aliphatic rings. The van der Waals surface area contributed by atoms with Crippen LogP contribution in [0.25, 0.3) is 0 Å². The van der Waals surface area contributed by atoms with Crippen LogP contribution in [0.4, 0.5) is 0 Å². The van der Waals surface area contributed by atoms with Gasteiger partial charge in [0, 0.05) is 32.0 Å². The van der Waals surface area contributed by atoms with E-state index in [0.717, 1.165) is 0 Å². The van der Waals surface area contributed by atoms with Crippen molar-refractivity contribution in [3.8, 4) is 0 Å². The van der Waals surface area contributed by atoms with Gasteiger partial charge in [0.15, 0.2) is 0 Å². The molecule has 0 bridgehead atoms. The number of aryl methyl sites for hydroxylation is 1. The fourth-order valence-corrected chi connectivity index (χ4v) is 3.52. The van der Waals surface area contributed by atoms with Gasteiger partial charge in [-0.3, -0.25) is 0 Å². The van der Waals surface area contributed by atoms with E-state index in [1.807, 2.05) is 0 Å². The largest absolute Gasteiger partial charge is 0.477 e. The van der Waals surface area contributed by atoms with E-state index in [4.69, 9.17) is 9.84 Å². The predicted molar refractivity (Wildman–Crippen MR) is 71.2 cm³/mol. The SMILES string of the molecule is CCn1cc(S(=O)(=O)NC2CCOCC2)cc1C(=O)O. The smallest absolute Gasteiger partial charge is 0.352 e. The topological polar surface area (TPSA) is 97.6 Å². The number of carboxylic acids is 1. The average molecular weight is 302 g/mol. The van der Waals surface area contributed by atoms with Crippen molar-refractivity contribution >= 4 is 16.0 Å². The third-order valence-electron chi connectivity index (χ3n) is 3.28. The van der Waals surface area contributed by atoms with E-state index in [9.17, 15) is 13.2 Å². The first-order valence-electron chi connectivity index (χ1n) is 6.47. The summed E-state index contributed by atoms with van der Waals surface area (Å²) in [5.41, 5.74) is -0.0279. The van der Waals surface area contributed by atoms with Crippen LogP contribution in [0.2, 0.25) is 0 Å². The Balaban J connectivity index is 2.22. The highest BCUT2D eigenvalue weighted by Gasteiger charge is 2.25. The van der Waals surface area contributed by atoms with Gasteiger partial charge in [-0.25, -0.2) is 17.9 Å². The van der Waals surface area contributed by atoms with Gasteiger partial charge < -0.3 is 14.4 Å². The molecule has 1 fully saturated rings. The Morgan fingerprint density at radius 3 is 2.65 bits per heavy atom. The lowest BCUT2D eigenvalue weighted by Gasteiger charge is -2.22. The van der Waals surface area contributed by atoms with Crippen molar-refractivity contribution in [2.45, 2.75) is 37.2 Å². The minimum absolute atomic E-state index is 0.0109. The lowest BCUT2D eigenvalue weighted by molar-refractivity contribution is 0.0685. The first-order chi connectivity index (χ1) is 9.44. The molecule has 7 nitrogen and oxygen atoms in total. The molecule has 0 saturated carbocycles. The molecule has 0 atom stereocenters. The van der Waals surface area contributed by atoms with E-state index in [1.54, 1.807) is 6.92 Å². The predicted octanol–water partition coefficient (Wildman–Crippen LogP) is 0.663. The minimum Gasteiger partial charge on any atom is -0.477 e. The number of aromatic nitrogens is 1. The molecule has 2 rings (SSSR count). The fraction of sp³-hybridized carbons (Fsp3) is 0.583. The van der Waals surface area contributed by atoms with E-state index >= 15 is 0 Å². The molecule has 0 amide bonds. The maximum Gasteiger partial charge on any atom is 0.352 e. The van der Waals surface area contributed by atoms with Crippen LogP contribution in [-0.4, -0.2) is 43.3 Å².